The van der Waals surface area contributed by atoms with E-state index in [1.54, 1.807) is 30.9 Å². The summed E-state index contributed by atoms with van der Waals surface area (Å²) in [6.45, 7) is 6.26. The molecule has 1 aliphatic rings. The first-order valence-corrected chi connectivity index (χ1v) is 9.15. The SMILES string of the molecule is CC(=O)c1c(C)[nH]c(C(=O)O[C@H](C(=O)N2CCCC2)c2ccccc2)c1C. The van der Waals surface area contributed by atoms with Crippen molar-refractivity contribution in [3.05, 3.63) is 58.4 Å². The number of Topliss-reactive ketones (excluding diaryl/α,β-unsaturated/α-hetero) is 1. The summed E-state index contributed by atoms with van der Waals surface area (Å²) in [6.07, 6.45) is 0.913. The van der Waals surface area contributed by atoms with Gasteiger partial charge in [0.15, 0.2) is 5.78 Å². The highest BCUT2D eigenvalue weighted by Crippen LogP contribution is 2.26. The van der Waals surface area contributed by atoms with E-state index < -0.39 is 12.1 Å². The maximum atomic E-state index is 13.0. The Kier molecular flexibility index (Phi) is 5.44. The van der Waals surface area contributed by atoms with Gasteiger partial charge in [-0.25, -0.2) is 4.79 Å². The van der Waals surface area contributed by atoms with E-state index in [2.05, 4.69) is 4.98 Å². The monoisotopic (exact) mass is 368 g/mol. The molecule has 1 aliphatic heterocycles. The fourth-order valence-electron chi connectivity index (χ4n) is 3.64. The van der Waals surface area contributed by atoms with Crippen LogP contribution in [0, 0.1) is 13.8 Å². The molecule has 1 saturated heterocycles. The van der Waals surface area contributed by atoms with Crippen LogP contribution < -0.4 is 0 Å². The fraction of sp³-hybridized carbons (Fsp3) is 0.381. The highest BCUT2D eigenvalue weighted by atomic mass is 16.5. The largest absolute Gasteiger partial charge is 0.443 e. The maximum absolute atomic E-state index is 13.0. The molecule has 0 saturated carbocycles. The van der Waals surface area contributed by atoms with Crippen molar-refractivity contribution in [1.82, 2.24) is 9.88 Å². The predicted octanol–water partition coefficient (Wildman–Crippen LogP) is 3.35. The van der Waals surface area contributed by atoms with Crippen LogP contribution in [0.25, 0.3) is 0 Å². The molecule has 1 aromatic heterocycles. The van der Waals surface area contributed by atoms with Crippen molar-refractivity contribution in [3.8, 4) is 0 Å². The number of hydrogen-bond acceptors (Lipinski definition) is 4. The van der Waals surface area contributed by atoms with Gasteiger partial charge in [-0.3, -0.25) is 9.59 Å². The van der Waals surface area contributed by atoms with Gasteiger partial charge in [-0.2, -0.15) is 0 Å². The van der Waals surface area contributed by atoms with Crippen LogP contribution in [0.5, 0.6) is 0 Å². The Labute approximate surface area is 158 Å². The second-order valence-corrected chi connectivity index (χ2v) is 6.91. The molecule has 2 heterocycles. The zero-order chi connectivity index (χ0) is 19.6. The molecule has 3 rings (SSSR count). The number of hydrogen-bond donors (Lipinski definition) is 1. The normalized spacial score (nSPS) is 14.9. The lowest BCUT2D eigenvalue weighted by molar-refractivity contribution is -0.140. The summed E-state index contributed by atoms with van der Waals surface area (Å²) in [6, 6.07) is 9.02. The number of H-pyrrole nitrogens is 1. The molecule has 1 atom stereocenters. The minimum atomic E-state index is -0.999. The lowest BCUT2D eigenvalue weighted by Gasteiger charge is -2.23. The number of aromatic amines is 1. The number of ketones is 1. The molecule has 6 heteroatoms. The van der Waals surface area contributed by atoms with Crippen molar-refractivity contribution in [3.63, 3.8) is 0 Å². The molecule has 1 fully saturated rings. The van der Waals surface area contributed by atoms with Gasteiger partial charge in [0.25, 0.3) is 5.91 Å². The number of likely N-dealkylation sites (tertiary alicyclic amines) is 1. The van der Waals surface area contributed by atoms with Gasteiger partial charge in [-0.15, -0.1) is 0 Å². The Morgan fingerprint density at radius 1 is 1.07 bits per heavy atom. The van der Waals surface area contributed by atoms with E-state index in [1.807, 2.05) is 18.2 Å². The third-order valence-corrected chi connectivity index (χ3v) is 4.96. The van der Waals surface area contributed by atoms with Crippen LogP contribution in [0.1, 0.15) is 63.5 Å². The molecule has 0 unspecified atom stereocenters. The summed E-state index contributed by atoms with van der Waals surface area (Å²) in [4.78, 5) is 42.3. The van der Waals surface area contributed by atoms with Crippen LogP contribution in [0.4, 0.5) is 0 Å². The van der Waals surface area contributed by atoms with Crippen LogP contribution in [0.15, 0.2) is 30.3 Å². The zero-order valence-corrected chi connectivity index (χ0v) is 15.9. The maximum Gasteiger partial charge on any atom is 0.356 e. The molecule has 2 aromatic rings. The van der Waals surface area contributed by atoms with Crippen LogP contribution >= 0.6 is 0 Å². The molecule has 142 valence electrons. The minimum absolute atomic E-state index is 0.118. The number of carbonyl (C=O) groups is 3. The predicted molar refractivity (Wildman–Crippen MR) is 101 cm³/mol. The number of amides is 1. The first-order chi connectivity index (χ1) is 12.9. The molecule has 27 heavy (non-hydrogen) atoms. The summed E-state index contributed by atoms with van der Waals surface area (Å²) >= 11 is 0. The third kappa shape index (κ3) is 3.79. The topological polar surface area (TPSA) is 79.5 Å². The lowest BCUT2D eigenvalue weighted by atomic mass is 10.1. The Bertz CT molecular complexity index is 864. The van der Waals surface area contributed by atoms with Gasteiger partial charge in [0, 0.05) is 29.9 Å². The highest BCUT2D eigenvalue weighted by molar-refractivity contribution is 6.01. The number of aromatic nitrogens is 1. The van der Waals surface area contributed by atoms with Crippen LogP contribution in [-0.2, 0) is 9.53 Å². The molecule has 6 nitrogen and oxygen atoms in total. The van der Waals surface area contributed by atoms with Gasteiger partial charge < -0.3 is 14.6 Å². The first-order valence-electron chi connectivity index (χ1n) is 9.15. The molecule has 1 N–H and O–H groups in total. The molecule has 0 bridgehead atoms. The van der Waals surface area contributed by atoms with Crippen molar-refractivity contribution in [1.29, 1.82) is 0 Å². The Balaban J connectivity index is 1.90. The van der Waals surface area contributed by atoms with Crippen molar-refractivity contribution < 1.29 is 19.1 Å². The van der Waals surface area contributed by atoms with E-state index in [1.165, 1.54) is 6.92 Å². The van der Waals surface area contributed by atoms with Gasteiger partial charge in [-0.05, 0) is 39.2 Å². The second kappa shape index (κ2) is 7.78. The number of esters is 1. The van der Waals surface area contributed by atoms with Crippen molar-refractivity contribution in [2.45, 2.75) is 39.7 Å². The fourth-order valence-corrected chi connectivity index (χ4v) is 3.64. The molecule has 0 radical (unpaired) electrons. The first kappa shape index (κ1) is 18.9. The van der Waals surface area contributed by atoms with E-state index in [4.69, 9.17) is 4.74 Å². The molecular weight excluding hydrogens is 344 g/mol. The standard InChI is InChI=1S/C21H24N2O4/c1-13-17(15(3)24)14(2)22-18(13)21(26)27-19(16-9-5-4-6-10-16)20(25)23-11-7-8-12-23/h4-6,9-10,19,22H,7-8,11-12H2,1-3H3/t19-/m0/s1. The summed E-state index contributed by atoms with van der Waals surface area (Å²) in [5.74, 6) is -0.961. The summed E-state index contributed by atoms with van der Waals surface area (Å²) in [5, 5.41) is 0. The van der Waals surface area contributed by atoms with Crippen molar-refractivity contribution >= 4 is 17.7 Å². The smallest absolute Gasteiger partial charge is 0.356 e. The van der Waals surface area contributed by atoms with E-state index in [-0.39, 0.29) is 17.4 Å². The van der Waals surface area contributed by atoms with Crippen LogP contribution in [0.2, 0.25) is 0 Å². The summed E-state index contributed by atoms with van der Waals surface area (Å²) < 4.78 is 5.65. The Morgan fingerprint density at radius 3 is 2.26 bits per heavy atom. The van der Waals surface area contributed by atoms with Gasteiger partial charge in [-0.1, -0.05) is 30.3 Å². The van der Waals surface area contributed by atoms with Crippen LogP contribution in [-0.4, -0.2) is 40.6 Å². The van der Waals surface area contributed by atoms with E-state index in [0.29, 0.717) is 35.5 Å². The second-order valence-electron chi connectivity index (χ2n) is 6.91. The number of benzene rings is 1. The highest BCUT2D eigenvalue weighted by Gasteiger charge is 2.32. The van der Waals surface area contributed by atoms with Crippen molar-refractivity contribution in [2.75, 3.05) is 13.1 Å². The number of nitrogens with zero attached hydrogens (tertiary/aromatic N) is 1. The molecule has 1 aromatic carbocycles. The van der Waals surface area contributed by atoms with E-state index >= 15 is 0 Å². The Hall–Kier alpha value is -2.89. The number of aryl methyl sites for hydroxylation is 1. The number of carbonyl (C=O) groups excluding carboxylic acids is 3. The average molecular weight is 368 g/mol. The molecule has 0 aliphatic carbocycles. The Morgan fingerprint density at radius 2 is 1.70 bits per heavy atom. The summed E-state index contributed by atoms with van der Waals surface area (Å²) in [7, 11) is 0. The molecular formula is C21H24N2O4. The van der Waals surface area contributed by atoms with Gasteiger partial charge in [0.2, 0.25) is 6.10 Å². The molecule has 0 spiro atoms. The van der Waals surface area contributed by atoms with Gasteiger partial charge in [0.05, 0.1) is 0 Å². The minimum Gasteiger partial charge on any atom is -0.443 e. The number of rotatable bonds is 5. The van der Waals surface area contributed by atoms with Gasteiger partial charge >= 0.3 is 5.97 Å². The summed E-state index contributed by atoms with van der Waals surface area (Å²) in [5.41, 5.74) is 2.51. The number of nitrogens with one attached hydrogen (secondary N) is 1. The number of ether oxygens (including phenoxy) is 1. The van der Waals surface area contributed by atoms with E-state index in [0.717, 1.165) is 12.8 Å². The van der Waals surface area contributed by atoms with Crippen LogP contribution in [0.3, 0.4) is 0 Å². The third-order valence-electron chi connectivity index (χ3n) is 4.96. The van der Waals surface area contributed by atoms with E-state index in [9.17, 15) is 14.4 Å². The quantitative estimate of drug-likeness (QED) is 0.648. The average Bonchev–Trinajstić information content (AvgIpc) is 3.27. The molecule has 1 amide bonds. The van der Waals surface area contributed by atoms with Crippen molar-refractivity contribution in [2.24, 2.45) is 0 Å². The zero-order valence-electron chi connectivity index (χ0n) is 15.9. The lowest BCUT2D eigenvalue weighted by Crippen LogP contribution is -2.35. The van der Waals surface area contributed by atoms with Gasteiger partial charge in [0.1, 0.15) is 5.69 Å².